The molecule has 1 aliphatic heterocycles. The number of aromatic nitrogens is 3. The minimum absolute atomic E-state index is 0.00532. The number of carbonyl (C=O) groups excluding carboxylic acids is 2. The van der Waals surface area contributed by atoms with E-state index in [1.54, 1.807) is 15.9 Å². The van der Waals surface area contributed by atoms with Gasteiger partial charge in [-0.15, -0.1) is 0 Å². The molecule has 3 unspecified atom stereocenters. The maximum absolute atomic E-state index is 13.0. The summed E-state index contributed by atoms with van der Waals surface area (Å²) in [5, 5.41) is 7.20. The van der Waals surface area contributed by atoms with E-state index < -0.39 is 0 Å². The molecule has 0 spiro atoms. The molecule has 3 aromatic rings. The van der Waals surface area contributed by atoms with E-state index in [1.165, 1.54) is 6.33 Å². The Balaban J connectivity index is 1.42. The van der Waals surface area contributed by atoms with Gasteiger partial charge in [0, 0.05) is 18.7 Å². The topological polar surface area (TPSA) is 80.1 Å². The third-order valence-corrected chi connectivity index (χ3v) is 6.30. The average Bonchev–Trinajstić information content (AvgIpc) is 3.49. The molecule has 7 heteroatoms. The van der Waals surface area contributed by atoms with Gasteiger partial charge >= 0.3 is 0 Å². The van der Waals surface area contributed by atoms with Gasteiger partial charge in [0.15, 0.2) is 0 Å². The van der Waals surface area contributed by atoms with E-state index in [1.807, 2.05) is 49.4 Å². The molecule has 166 valence electrons. The molecule has 7 nitrogen and oxygen atoms in total. The molecule has 0 aliphatic carbocycles. The van der Waals surface area contributed by atoms with E-state index in [4.69, 9.17) is 0 Å². The van der Waals surface area contributed by atoms with Crippen LogP contribution in [0.5, 0.6) is 0 Å². The van der Waals surface area contributed by atoms with Crippen LogP contribution in [-0.2, 0) is 9.59 Å². The first kappa shape index (κ1) is 21.7. The highest BCUT2D eigenvalue weighted by Gasteiger charge is 2.36. The molecule has 4 rings (SSSR count). The number of nitrogens with zero attached hydrogens (tertiary/aromatic N) is 4. The summed E-state index contributed by atoms with van der Waals surface area (Å²) in [5.41, 5.74) is 3.98. The standard InChI is InChI=1S/C25H29N5O2/c1-4-17(2)22-7-5-6-8-23(22)29-14-20(13-24(29)31)25(32)28-18(3)19-9-11-21(12-10-19)30-16-26-15-27-30/h5-12,15-18,20H,4,13-14H2,1-3H3,(H,28,32). The second-order valence-corrected chi connectivity index (χ2v) is 8.44. The molecule has 32 heavy (non-hydrogen) atoms. The van der Waals surface area contributed by atoms with Crippen molar-refractivity contribution >= 4 is 17.5 Å². The van der Waals surface area contributed by atoms with Crippen LogP contribution in [0, 0.1) is 5.92 Å². The van der Waals surface area contributed by atoms with Crippen molar-refractivity contribution in [2.45, 2.75) is 45.6 Å². The van der Waals surface area contributed by atoms with E-state index in [0.29, 0.717) is 12.5 Å². The van der Waals surface area contributed by atoms with Crippen LogP contribution in [-0.4, -0.2) is 33.1 Å². The summed E-state index contributed by atoms with van der Waals surface area (Å²) >= 11 is 0. The Morgan fingerprint density at radius 1 is 1.16 bits per heavy atom. The van der Waals surface area contributed by atoms with Crippen LogP contribution in [0.25, 0.3) is 5.69 Å². The number of hydrogen-bond donors (Lipinski definition) is 1. The zero-order chi connectivity index (χ0) is 22.7. The Labute approximate surface area is 188 Å². The number of nitrogens with one attached hydrogen (secondary N) is 1. The summed E-state index contributed by atoms with van der Waals surface area (Å²) < 4.78 is 1.68. The van der Waals surface area contributed by atoms with Crippen molar-refractivity contribution in [2.24, 2.45) is 5.92 Å². The minimum Gasteiger partial charge on any atom is -0.349 e. The molecule has 1 fully saturated rings. The highest BCUT2D eigenvalue weighted by molar-refractivity contribution is 6.01. The van der Waals surface area contributed by atoms with E-state index in [-0.39, 0.29) is 30.2 Å². The summed E-state index contributed by atoms with van der Waals surface area (Å²) in [5.74, 6) is -0.0859. The fraction of sp³-hybridized carbons (Fsp3) is 0.360. The van der Waals surface area contributed by atoms with Crippen LogP contribution in [0.1, 0.15) is 56.7 Å². The van der Waals surface area contributed by atoms with Crippen molar-refractivity contribution in [3.05, 3.63) is 72.3 Å². The maximum Gasteiger partial charge on any atom is 0.227 e. The molecule has 0 radical (unpaired) electrons. The van der Waals surface area contributed by atoms with E-state index in [9.17, 15) is 9.59 Å². The highest BCUT2D eigenvalue weighted by atomic mass is 16.2. The lowest BCUT2D eigenvalue weighted by Gasteiger charge is -2.23. The van der Waals surface area contributed by atoms with Gasteiger partial charge in [-0.2, -0.15) is 5.10 Å². The maximum atomic E-state index is 13.0. The first-order chi connectivity index (χ1) is 15.5. The van der Waals surface area contributed by atoms with Gasteiger partial charge in [0.2, 0.25) is 11.8 Å². The Kier molecular flexibility index (Phi) is 6.35. The molecule has 2 aromatic carbocycles. The lowest BCUT2D eigenvalue weighted by atomic mass is 9.96. The van der Waals surface area contributed by atoms with Gasteiger partial charge < -0.3 is 10.2 Å². The lowest BCUT2D eigenvalue weighted by molar-refractivity contribution is -0.126. The van der Waals surface area contributed by atoms with Crippen LogP contribution < -0.4 is 10.2 Å². The third kappa shape index (κ3) is 4.42. The van der Waals surface area contributed by atoms with Crippen LogP contribution >= 0.6 is 0 Å². The van der Waals surface area contributed by atoms with Gasteiger partial charge in [0.25, 0.3) is 0 Å². The molecule has 1 saturated heterocycles. The van der Waals surface area contributed by atoms with Crippen molar-refractivity contribution in [3.8, 4) is 5.69 Å². The van der Waals surface area contributed by atoms with Crippen molar-refractivity contribution < 1.29 is 9.59 Å². The predicted octanol–water partition coefficient (Wildman–Crippen LogP) is 4.01. The summed E-state index contributed by atoms with van der Waals surface area (Å²) in [7, 11) is 0. The third-order valence-electron chi connectivity index (χ3n) is 6.30. The largest absolute Gasteiger partial charge is 0.349 e. The number of benzene rings is 2. The zero-order valence-electron chi connectivity index (χ0n) is 18.7. The van der Waals surface area contributed by atoms with Gasteiger partial charge in [0.1, 0.15) is 12.7 Å². The number of para-hydroxylation sites is 1. The first-order valence-electron chi connectivity index (χ1n) is 11.1. The summed E-state index contributed by atoms with van der Waals surface area (Å²) in [4.78, 5) is 31.5. The average molecular weight is 432 g/mol. The number of hydrogen-bond acceptors (Lipinski definition) is 4. The molecule has 2 amide bonds. The van der Waals surface area contributed by atoms with E-state index in [0.717, 1.165) is 28.9 Å². The number of carbonyl (C=O) groups is 2. The van der Waals surface area contributed by atoms with Gasteiger partial charge in [-0.05, 0) is 48.6 Å². The fourth-order valence-corrected chi connectivity index (χ4v) is 4.16. The second kappa shape index (κ2) is 9.34. The Bertz CT molecular complexity index is 1080. The van der Waals surface area contributed by atoms with Crippen LogP contribution in [0.2, 0.25) is 0 Å². The van der Waals surface area contributed by atoms with Crippen LogP contribution in [0.3, 0.4) is 0 Å². The molecular formula is C25H29N5O2. The molecule has 0 bridgehead atoms. The van der Waals surface area contributed by atoms with Crippen molar-refractivity contribution in [1.82, 2.24) is 20.1 Å². The molecular weight excluding hydrogens is 402 g/mol. The van der Waals surface area contributed by atoms with Crippen molar-refractivity contribution in [3.63, 3.8) is 0 Å². The predicted molar refractivity (Wildman–Crippen MR) is 124 cm³/mol. The lowest BCUT2D eigenvalue weighted by Crippen LogP contribution is -2.34. The van der Waals surface area contributed by atoms with Crippen molar-refractivity contribution in [2.75, 3.05) is 11.4 Å². The van der Waals surface area contributed by atoms with E-state index >= 15 is 0 Å². The summed E-state index contributed by atoms with van der Waals surface area (Å²) in [6.07, 6.45) is 4.36. The molecule has 0 saturated carbocycles. The Hall–Kier alpha value is -3.48. The molecule has 1 N–H and O–H groups in total. The minimum atomic E-state index is -0.357. The number of anilines is 1. The smallest absolute Gasteiger partial charge is 0.227 e. The fourth-order valence-electron chi connectivity index (χ4n) is 4.16. The summed E-state index contributed by atoms with van der Waals surface area (Å²) in [6.45, 7) is 6.67. The molecule has 1 aliphatic rings. The number of rotatable bonds is 7. The molecule has 3 atom stereocenters. The van der Waals surface area contributed by atoms with Crippen LogP contribution in [0.4, 0.5) is 5.69 Å². The van der Waals surface area contributed by atoms with Gasteiger partial charge in [-0.3, -0.25) is 9.59 Å². The Morgan fingerprint density at radius 2 is 1.91 bits per heavy atom. The number of amides is 2. The zero-order valence-corrected chi connectivity index (χ0v) is 18.7. The second-order valence-electron chi connectivity index (χ2n) is 8.44. The van der Waals surface area contributed by atoms with Gasteiger partial charge in [-0.1, -0.05) is 44.2 Å². The summed E-state index contributed by atoms with van der Waals surface area (Å²) in [6, 6.07) is 15.7. The normalized spacial score (nSPS) is 17.9. The van der Waals surface area contributed by atoms with E-state index in [2.05, 4.69) is 35.3 Å². The molecule has 1 aromatic heterocycles. The van der Waals surface area contributed by atoms with Gasteiger partial charge in [0.05, 0.1) is 17.6 Å². The van der Waals surface area contributed by atoms with Crippen molar-refractivity contribution in [1.29, 1.82) is 0 Å². The van der Waals surface area contributed by atoms with Crippen LogP contribution in [0.15, 0.2) is 61.2 Å². The monoisotopic (exact) mass is 431 g/mol. The highest BCUT2D eigenvalue weighted by Crippen LogP contribution is 2.33. The SMILES string of the molecule is CCC(C)c1ccccc1N1CC(C(=O)NC(C)c2ccc(-n3cncn3)cc2)CC1=O. The quantitative estimate of drug-likeness (QED) is 0.613. The van der Waals surface area contributed by atoms with Gasteiger partial charge in [-0.25, -0.2) is 9.67 Å². The first-order valence-corrected chi connectivity index (χ1v) is 11.1. The Morgan fingerprint density at radius 3 is 2.59 bits per heavy atom. The molecule has 2 heterocycles.